The minimum absolute atomic E-state index is 0.228. The van der Waals surface area contributed by atoms with Crippen LogP contribution in [0.2, 0.25) is 0 Å². The average Bonchev–Trinajstić information content (AvgIpc) is 2.55. The predicted octanol–water partition coefficient (Wildman–Crippen LogP) is 3.48. The van der Waals surface area contributed by atoms with E-state index in [-0.39, 0.29) is 5.91 Å². The number of rotatable bonds is 2. The van der Waals surface area contributed by atoms with Gasteiger partial charge in [-0.3, -0.25) is 4.79 Å². The lowest BCUT2D eigenvalue weighted by molar-refractivity contribution is 0.0635. The molecule has 22 heavy (non-hydrogen) atoms. The third-order valence-corrected chi connectivity index (χ3v) is 5.22. The van der Waals surface area contributed by atoms with Gasteiger partial charge in [0.2, 0.25) is 0 Å². The van der Waals surface area contributed by atoms with Crippen LogP contribution in [-0.2, 0) is 0 Å². The van der Waals surface area contributed by atoms with Crippen LogP contribution in [0.3, 0.4) is 0 Å². The number of carbonyl (C=O) groups excluding carboxylic acids is 1. The highest BCUT2D eigenvalue weighted by molar-refractivity contribution is 5.95. The number of likely N-dealkylation sites (tertiary alicyclic amines) is 1. The molecule has 2 fully saturated rings. The Balaban J connectivity index is 1.83. The maximum atomic E-state index is 12.9. The van der Waals surface area contributed by atoms with Gasteiger partial charge in [0.25, 0.3) is 5.91 Å². The molecular formula is C19H28N2O. The number of nitrogens with one attached hydrogen (secondary N) is 1. The van der Waals surface area contributed by atoms with Crippen LogP contribution in [-0.4, -0.2) is 36.5 Å². The summed E-state index contributed by atoms with van der Waals surface area (Å²) >= 11 is 0. The molecule has 1 atom stereocenters. The van der Waals surface area contributed by atoms with Crippen molar-refractivity contribution in [3.05, 3.63) is 34.9 Å². The van der Waals surface area contributed by atoms with Crippen molar-refractivity contribution in [1.29, 1.82) is 0 Å². The molecule has 0 radical (unpaired) electrons. The Morgan fingerprint density at radius 1 is 1.14 bits per heavy atom. The van der Waals surface area contributed by atoms with E-state index in [1.54, 1.807) is 0 Å². The maximum absolute atomic E-state index is 12.9. The molecule has 0 spiro atoms. The van der Waals surface area contributed by atoms with E-state index >= 15 is 0 Å². The molecule has 3 heteroatoms. The van der Waals surface area contributed by atoms with Crippen molar-refractivity contribution in [2.75, 3.05) is 19.6 Å². The van der Waals surface area contributed by atoms with E-state index in [2.05, 4.69) is 42.3 Å². The first kappa shape index (κ1) is 15.5. The first-order chi connectivity index (χ1) is 10.6. The molecule has 2 aliphatic rings. The van der Waals surface area contributed by atoms with Gasteiger partial charge in [-0.1, -0.05) is 11.6 Å². The van der Waals surface area contributed by atoms with E-state index in [0.29, 0.717) is 12.0 Å². The first-order valence-corrected chi connectivity index (χ1v) is 8.78. The zero-order valence-electron chi connectivity index (χ0n) is 13.9. The van der Waals surface area contributed by atoms with Crippen LogP contribution in [0.25, 0.3) is 0 Å². The summed E-state index contributed by atoms with van der Waals surface area (Å²) in [5.41, 5.74) is 3.46. The topological polar surface area (TPSA) is 32.3 Å². The van der Waals surface area contributed by atoms with Crippen molar-refractivity contribution < 1.29 is 4.79 Å². The molecule has 3 nitrogen and oxygen atoms in total. The van der Waals surface area contributed by atoms with Crippen LogP contribution < -0.4 is 5.32 Å². The van der Waals surface area contributed by atoms with Crippen LogP contribution in [0.15, 0.2) is 18.2 Å². The summed E-state index contributed by atoms with van der Waals surface area (Å²) in [7, 11) is 0. The van der Waals surface area contributed by atoms with E-state index in [9.17, 15) is 4.79 Å². The Morgan fingerprint density at radius 3 is 2.64 bits per heavy atom. The highest BCUT2D eigenvalue weighted by Gasteiger charge is 2.25. The van der Waals surface area contributed by atoms with Gasteiger partial charge in [-0.2, -0.15) is 0 Å². The molecular weight excluding hydrogens is 272 g/mol. The second-order valence-corrected chi connectivity index (χ2v) is 7.00. The fraction of sp³-hybridized carbons (Fsp3) is 0.632. The zero-order valence-corrected chi connectivity index (χ0v) is 13.9. The largest absolute Gasteiger partial charge is 0.336 e. The van der Waals surface area contributed by atoms with Crippen molar-refractivity contribution in [2.45, 2.75) is 57.9 Å². The molecule has 1 aromatic rings. The fourth-order valence-corrected chi connectivity index (χ4v) is 3.89. The molecule has 1 N–H and O–H groups in total. The summed E-state index contributed by atoms with van der Waals surface area (Å²) in [5.74, 6) is 0.831. The number of piperidine rings is 2. The lowest BCUT2D eigenvalue weighted by Gasteiger charge is -2.34. The monoisotopic (exact) mass is 300 g/mol. The molecule has 1 aromatic carbocycles. The molecule has 1 amide bonds. The molecule has 2 saturated heterocycles. The molecule has 0 aliphatic carbocycles. The smallest absolute Gasteiger partial charge is 0.254 e. The SMILES string of the molecule is Cc1cc(C(=O)N2CCCCC2C)cc(C2CCNCC2)c1. The number of aryl methyl sites for hydroxylation is 1. The van der Waals surface area contributed by atoms with Gasteiger partial charge in [0.15, 0.2) is 0 Å². The summed E-state index contributed by atoms with van der Waals surface area (Å²) < 4.78 is 0. The van der Waals surface area contributed by atoms with E-state index in [4.69, 9.17) is 0 Å². The van der Waals surface area contributed by atoms with Crippen LogP contribution in [0.5, 0.6) is 0 Å². The van der Waals surface area contributed by atoms with Gasteiger partial charge in [0.05, 0.1) is 0 Å². The predicted molar refractivity (Wildman–Crippen MR) is 90.4 cm³/mol. The van der Waals surface area contributed by atoms with Gasteiger partial charge in [0.1, 0.15) is 0 Å². The summed E-state index contributed by atoms with van der Waals surface area (Å²) in [6.07, 6.45) is 5.88. The minimum Gasteiger partial charge on any atom is -0.336 e. The third kappa shape index (κ3) is 3.35. The van der Waals surface area contributed by atoms with E-state index in [0.717, 1.165) is 38.0 Å². The summed E-state index contributed by atoms with van der Waals surface area (Å²) in [5, 5.41) is 3.42. The number of amides is 1. The zero-order chi connectivity index (χ0) is 15.5. The van der Waals surface area contributed by atoms with Crippen LogP contribution in [0, 0.1) is 6.92 Å². The Kier molecular flexibility index (Phi) is 4.82. The fourth-order valence-electron chi connectivity index (χ4n) is 3.89. The van der Waals surface area contributed by atoms with E-state index < -0.39 is 0 Å². The number of nitrogens with zero attached hydrogens (tertiary/aromatic N) is 1. The van der Waals surface area contributed by atoms with Gasteiger partial charge in [-0.15, -0.1) is 0 Å². The number of hydrogen-bond acceptors (Lipinski definition) is 2. The molecule has 3 rings (SSSR count). The van der Waals surface area contributed by atoms with E-state index in [1.165, 1.54) is 30.4 Å². The van der Waals surface area contributed by atoms with Gasteiger partial charge in [0, 0.05) is 18.2 Å². The lowest BCUT2D eigenvalue weighted by atomic mass is 9.88. The van der Waals surface area contributed by atoms with Crippen molar-refractivity contribution in [1.82, 2.24) is 10.2 Å². The Labute approximate surface area is 134 Å². The molecule has 2 heterocycles. The van der Waals surface area contributed by atoms with Gasteiger partial charge in [-0.25, -0.2) is 0 Å². The second kappa shape index (κ2) is 6.82. The average molecular weight is 300 g/mol. The van der Waals surface area contributed by atoms with Crippen molar-refractivity contribution in [2.24, 2.45) is 0 Å². The lowest BCUT2D eigenvalue weighted by Crippen LogP contribution is -2.42. The molecule has 0 saturated carbocycles. The Hall–Kier alpha value is -1.35. The normalized spacial score (nSPS) is 23.5. The highest BCUT2D eigenvalue weighted by Crippen LogP contribution is 2.28. The Bertz CT molecular complexity index is 534. The highest BCUT2D eigenvalue weighted by atomic mass is 16.2. The van der Waals surface area contributed by atoms with Gasteiger partial charge < -0.3 is 10.2 Å². The minimum atomic E-state index is 0.228. The van der Waals surface area contributed by atoms with Gasteiger partial charge in [-0.05, 0) is 82.7 Å². The molecule has 1 unspecified atom stereocenters. The summed E-state index contributed by atoms with van der Waals surface area (Å²) in [6.45, 7) is 7.38. The molecule has 120 valence electrons. The molecule has 2 aliphatic heterocycles. The van der Waals surface area contributed by atoms with Crippen LogP contribution in [0.4, 0.5) is 0 Å². The standard InChI is InChI=1S/C19H28N2O/c1-14-11-17(16-6-8-20-9-7-16)13-18(12-14)19(22)21-10-4-3-5-15(21)2/h11-13,15-16,20H,3-10H2,1-2H3. The van der Waals surface area contributed by atoms with Gasteiger partial charge >= 0.3 is 0 Å². The Morgan fingerprint density at radius 2 is 1.91 bits per heavy atom. The van der Waals surface area contributed by atoms with Crippen LogP contribution >= 0.6 is 0 Å². The molecule has 0 bridgehead atoms. The van der Waals surface area contributed by atoms with Crippen molar-refractivity contribution in [3.8, 4) is 0 Å². The third-order valence-electron chi connectivity index (χ3n) is 5.22. The van der Waals surface area contributed by atoms with Crippen LogP contribution in [0.1, 0.15) is 66.4 Å². The molecule has 0 aromatic heterocycles. The number of hydrogen-bond donors (Lipinski definition) is 1. The van der Waals surface area contributed by atoms with E-state index in [1.807, 2.05) is 0 Å². The maximum Gasteiger partial charge on any atom is 0.254 e. The number of benzene rings is 1. The van der Waals surface area contributed by atoms with Crippen molar-refractivity contribution >= 4 is 5.91 Å². The summed E-state index contributed by atoms with van der Waals surface area (Å²) in [6, 6.07) is 6.87. The quantitative estimate of drug-likeness (QED) is 0.907. The summed E-state index contributed by atoms with van der Waals surface area (Å²) in [4.78, 5) is 15.0. The van der Waals surface area contributed by atoms with Crippen molar-refractivity contribution in [3.63, 3.8) is 0 Å². The number of carbonyl (C=O) groups is 1. The second-order valence-electron chi connectivity index (χ2n) is 7.00. The first-order valence-electron chi connectivity index (χ1n) is 8.78.